The minimum absolute atomic E-state index is 0.0446. The summed E-state index contributed by atoms with van der Waals surface area (Å²) in [5.41, 5.74) is 0.0446. The van der Waals surface area contributed by atoms with Gasteiger partial charge in [-0.3, -0.25) is 4.79 Å². The quantitative estimate of drug-likeness (QED) is 0.915. The standard InChI is InChI=1S/C11H9BrN2O2S/c12-9-4-3-7(17-9)6-14-11(16)10-8(15)2-1-5-13-10/h1-5,15H,6H2,(H,14,16). The average molecular weight is 313 g/mol. The van der Waals surface area contributed by atoms with Crippen LogP contribution in [0.15, 0.2) is 34.2 Å². The summed E-state index contributed by atoms with van der Waals surface area (Å²) >= 11 is 4.90. The number of amides is 1. The first-order chi connectivity index (χ1) is 8.16. The molecule has 0 aliphatic carbocycles. The lowest BCUT2D eigenvalue weighted by Gasteiger charge is -2.04. The third kappa shape index (κ3) is 3.04. The second-order valence-electron chi connectivity index (χ2n) is 3.26. The van der Waals surface area contributed by atoms with Crippen molar-refractivity contribution in [2.45, 2.75) is 6.54 Å². The second-order valence-corrected chi connectivity index (χ2v) is 5.81. The van der Waals surface area contributed by atoms with Gasteiger partial charge in [-0.15, -0.1) is 11.3 Å². The molecule has 0 atom stereocenters. The highest BCUT2D eigenvalue weighted by Gasteiger charge is 2.11. The van der Waals surface area contributed by atoms with Crippen molar-refractivity contribution >= 4 is 33.2 Å². The molecule has 88 valence electrons. The fourth-order valence-corrected chi connectivity index (χ4v) is 2.69. The van der Waals surface area contributed by atoms with E-state index in [0.29, 0.717) is 6.54 Å². The molecule has 2 aromatic rings. The summed E-state index contributed by atoms with van der Waals surface area (Å²) in [7, 11) is 0. The number of halogens is 1. The first-order valence-corrected chi connectivity index (χ1v) is 6.44. The van der Waals surface area contributed by atoms with Gasteiger partial charge >= 0.3 is 0 Å². The number of thiophene rings is 1. The average Bonchev–Trinajstić information content (AvgIpc) is 2.73. The maximum absolute atomic E-state index is 11.7. The SMILES string of the molecule is O=C(NCc1ccc(Br)s1)c1ncccc1O. The van der Waals surface area contributed by atoms with Gasteiger partial charge in [-0.05, 0) is 40.2 Å². The number of hydrogen-bond donors (Lipinski definition) is 2. The van der Waals surface area contributed by atoms with Crippen LogP contribution in [0.5, 0.6) is 5.75 Å². The van der Waals surface area contributed by atoms with Crippen molar-refractivity contribution in [3.8, 4) is 5.75 Å². The Morgan fingerprint density at radius 2 is 2.29 bits per heavy atom. The highest BCUT2D eigenvalue weighted by atomic mass is 79.9. The van der Waals surface area contributed by atoms with E-state index in [-0.39, 0.29) is 17.4 Å². The molecule has 0 aromatic carbocycles. The fraction of sp³-hybridized carbons (Fsp3) is 0.0909. The van der Waals surface area contributed by atoms with E-state index in [9.17, 15) is 9.90 Å². The molecule has 2 aromatic heterocycles. The van der Waals surface area contributed by atoms with Crippen molar-refractivity contribution in [2.75, 3.05) is 0 Å². The molecule has 6 heteroatoms. The molecule has 0 spiro atoms. The fourth-order valence-electron chi connectivity index (χ4n) is 1.27. The number of aromatic nitrogens is 1. The topological polar surface area (TPSA) is 62.2 Å². The van der Waals surface area contributed by atoms with E-state index in [1.165, 1.54) is 12.3 Å². The molecule has 0 radical (unpaired) electrons. The van der Waals surface area contributed by atoms with Crippen molar-refractivity contribution in [1.82, 2.24) is 10.3 Å². The van der Waals surface area contributed by atoms with Gasteiger partial charge in [0.05, 0.1) is 10.3 Å². The normalized spacial score (nSPS) is 10.2. The summed E-state index contributed by atoms with van der Waals surface area (Å²) in [6.45, 7) is 0.422. The van der Waals surface area contributed by atoms with Crippen molar-refractivity contribution in [2.24, 2.45) is 0 Å². The smallest absolute Gasteiger partial charge is 0.274 e. The molecule has 4 nitrogen and oxygen atoms in total. The van der Waals surface area contributed by atoms with Gasteiger partial charge in [0.25, 0.3) is 5.91 Å². The van der Waals surface area contributed by atoms with Crippen LogP contribution < -0.4 is 5.32 Å². The molecule has 0 saturated carbocycles. The molecular formula is C11H9BrN2O2S. The molecule has 0 fully saturated rings. The number of rotatable bonds is 3. The third-order valence-corrected chi connectivity index (χ3v) is 3.68. The van der Waals surface area contributed by atoms with Crippen LogP contribution in [0.2, 0.25) is 0 Å². The highest BCUT2D eigenvalue weighted by Crippen LogP contribution is 2.22. The van der Waals surface area contributed by atoms with Crippen LogP contribution in [0.4, 0.5) is 0 Å². The van der Waals surface area contributed by atoms with Crippen LogP contribution in [0.1, 0.15) is 15.4 Å². The number of carbonyl (C=O) groups is 1. The number of hydrogen-bond acceptors (Lipinski definition) is 4. The molecule has 0 bridgehead atoms. The maximum atomic E-state index is 11.7. The van der Waals surface area contributed by atoms with E-state index in [0.717, 1.165) is 8.66 Å². The van der Waals surface area contributed by atoms with Crippen LogP contribution in [0.25, 0.3) is 0 Å². The zero-order valence-electron chi connectivity index (χ0n) is 8.68. The Labute approximate surface area is 110 Å². The van der Waals surface area contributed by atoms with E-state index in [2.05, 4.69) is 26.2 Å². The summed E-state index contributed by atoms with van der Waals surface area (Å²) in [5, 5.41) is 12.2. The highest BCUT2D eigenvalue weighted by molar-refractivity contribution is 9.11. The van der Waals surface area contributed by atoms with Crippen molar-refractivity contribution in [1.29, 1.82) is 0 Å². The Hall–Kier alpha value is -1.40. The van der Waals surface area contributed by atoms with Gasteiger partial charge in [0.15, 0.2) is 5.69 Å². The van der Waals surface area contributed by atoms with Crippen molar-refractivity contribution in [3.05, 3.63) is 44.8 Å². The van der Waals surface area contributed by atoms with Crippen molar-refractivity contribution in [3.63, 3.8) is 0 Å². The van der Waals surface area contributed by atoms with Gasteiger partial charge in [0.1, 0.15) is 5.75 Å². The molecule has 0 saturated heterocycles. The van der Waals surface area contributed by atoms with Crippen LogP contribution in [-0.2, 0) is 6.54 Å². The Morgan fingerprint density at radius 3 is 2.94 bits per heavy atom. The van der Waals surface area contributed by atoms with Gasteiger partial charge in [-0.2, -0.15) is 0 Å². The lowest BCUT2D eigenvalue weighted by molar-refractivity contribution is 0.0943. The zero-order valence-corrected chi connectivity index (χ0v) is 11.1. The number of carbonyl (C=O) groups excluding carboxylic acids is 1. The van der Waals surface area contributed by atoms with Crippen LogP contribution in [0, 0.1) is 0 Å². The van der Waals surface area contributed by atoms with Gasteiger partial charge in [-0.25, -0.2) is 4.98 Å². The van der Waals surface area contributed by atoms with E-state index in [1.807, 2.05) is 12.1 Å². The lowest BCUT2D eigenvalue weighted by Crippen LogP contribution is -2.23. The molecule has 0 aliphatic rings. The lowest BCUT2D eigenvalue weighted by atomic mass is 10.3. The first kappa shape index (κ1) is 12.1. The van der Waals surface area contributed by atoms with E-state index in [1.54, 1.807) is 17.4 Å². The molecule has 17 heavy (non-hydrogen) atoms. The third-order valence-electron chi connectivity index (χ3n) is 2.05. The molecule has 2 N–H and O–H groups in total. The zero-order chi connectivity index (χ0) is 12.3. The number of nitrogens with zero attached hydrogens (tertiary/aromatic N) is 1. The van der Waals surface area contributed by atoms with E-state index >= 15 is 0 Å². The number of pyridine rings is 1. The predicted molar refractivity (Wildman–Crippen MR) is 69.1 cm³/mol. The minimum atomic E-state index is -0.382. The van der Waals surface area contributed by atoms with Gasteiger partial charge < -0.3 is 10.4 Å². The molecular weight excluding hydrogens is 304 g/mol. The predicted octanol–water partition coefficient (Wildman–Crippen LogP) is 2.54. The molecule has 2 heterocycles. The molecule has 0 aliphatic heterocycles. The molecule has 2 rings (SSSR count). The summed E-state index contributed by atoms with van der Waals surface area (Å²) in [4.78, 5) is 16.6. The van der Waals surface area contributed by atoms with E-state index < -0.39 is 0 Å². The maximum Gasteiger partial charge on any atom is 0.274 e. The second kappa shape index (κ2) is 5.29. The monoisotopic (exact) mass is 312 g/mol. The van der Waals surface area contributed by atoms with Gasteiger partial charge in [0, 0.05) is 11.1 Å². The Balaban J connectivity index is 2.01. The van der Waals surface area contributed by atoms with E-state index in [4.69, 9.17) is 0 Å². The van der Waals surface area contributed by atoms with Crippen molar-refractivity contribution < 1.29 is 9.90 Å². The number of nitrogens with one attached hydrogen (secondary N) is 1. The summed E-state index contributed by atoms with van der Waals surface area (Å²) < 4.78 is 1.02. The van der Waals surface area contributed by atoms with Crippen LogP contribution in [0.3, 0.4) is 0 Å². The Morgan fingerprint density at radius 1 is 1.47 bits per heavy atom. The molecule has 1 amide bonds. The summed E-state index contributed by atoms with van der Waals surface area (Å²) in [5.74, 6) is -0.495. The van der Waals surface area contributed by atoms with Crippen LogP contribution >= 0.6 is 27.3 Å². The Kier molecular flexibility index (Phi) is 3.75. The number of aromatic hydroxyl groups is 1. The molecule has 0 unspecified atom stereocenters. The summed E-state index contributed by atoms with van der Waals surface area (Å²) in [6, 6.07) is 6.85. The Bertz CT molecular complexity index is 542. The largest absolute Gasteiger partial charge is 0.505 e. The summed E-state index contributed by atoms with van der Waals surface area (Å²) in [6.07, 6.45) is 1.47. The first-order valence-electron chi connectivity index (χ1n) is 4.83. The van der Waals surface area contributed by atoms with Crippen LogP contribution in [-0.4, -0.2) is 16.0 Å². The van der Waals surface area contributed by atoms with Gasteiger partial charge in [-0.1, -0.05) is 0 Å². The van der Waals surface area contributed by atoms with Gasteiger partial charge in [0.2, 0.25) is 0 Å². The minimum Gasteiger partial charge on any atom is -0.505 e.